The molecule has 1 heterocycles. The molecular weight excluding hydrogens is 224 g/mol. The molecule has 0 saturated carbocycles. The maximum Gasteiger partial charge on any atom is 0.340 e. The van der Waals surface area contributed by atoms with Gasteiger partial charge in [-0.3, -0.25) is 0 Å². The molecule has 1 aromatic heterocycles. The van der Waals surface area contributed by atoms with E-state index in [2.05, 4.69) is 30.5 Å². The number of aromatic carboxylic acids is 1. The second kappa shape index (κ2) is 4.82. The minimum absolute atomic E-state index is 0.246. The van der Waals surface area contributed by atoms with E-state index < -0.39 is 5.97 Å². The summed E-state index contributed by atoms with van der Waals surface area (Å²) in [5, 5.41) is 12.8. The smallest absolute Gasteiger partial charge is 0.340 e. The van der Waals surface area contributed by atoms with Gasteiger partial charge < -0.3 is 10.4 Å². The summed E-state index contributed by atoms with van der Waals surface area (Å²) in [6.07, 6.45) is 0.989. The van der Waals surface area contributed by atoms with Gasteiger partial charge in [0.1, 0.15) is 10.6 Å². The highest BCUT2D eigenvalue weighted by atomic mass is 32.1. The van der Waals surface area contributed by atoms with Crippen LogP contribution >= 0.6 is 11.5 Å². The van der Waals surface area contributed by atoms with E-state index in [1.807, 2.05) is 0 Å². The number of aromatic nitrogens is 1. The van der Waals surface area contributed by atoms with Crippen molar-refractivity contribution in [1.82, 2.24) is 4.37 Å². The molecule has 0 radical (unpaired) electrons. The molecule has 0 fully saturated rings. The van der Waals surface area contributed by atoms with Gasteiger partial charge in [0.15, 0.2) is 0 Å². The third-order valence-corrected chi connectivity index (χ3v) is 3.13. The van der Waals surface area contributed by atoms with Crippen LogP contribution < -0.4 is 5.32 Å². The summed E-state index contributed by atoms with van der Waals surface area (Å²) in [6.45, 7) is 8.96. The lowest BCUT2D eigenvalue weighted by molar-refractivity contribution is 0.0697. The highest BCUT2D eigenvalue weighted by Gasteiger charge is 2.17. The Morgan fingerprint density at radius 3 is 2.62 bits per heavy atom. The number of carbonyl (C=O) groups is 1. The molecule has 0 unspecified atom stereocenters. The molecule has 0 aliphatic carbocycles. The second-order valence-corrected chi connectivity index (χ2v) is 5.79. The van der Waals surface area contributed by atoms with Crippen LogP contribution in [0.4, 0.5) is 5.00 Å². The van der Waals surface area contributed by atoms with E-state index in [1.54, 1.807) is 6.92 Å². The average Bonchev–Trinajstić information content (AvgIpc) is 2.44. The lowest BCUT2D eigenvalue weighted by Gasteiger charge is -2.18. The molecule has 0 saturated heterocycles. The van der Waals surface area contributed by atoms with E-state index in [9.17, 15) is 4.79 Å². The van der Waals surface area contributed by atoms with Crippen LogP contribution in [0.2, 0.25) is 0 Å². The zero-order valence-electron chi connectivity index (χ0n) is 10.1. The fourth-order valence-corrected chi connectivity index (χ4v) is 2.11. The molecule has 0 bridgehead atoms. The van der Waals surface area contributed by atoms with Gasteiger partial charge in [-0.15, -0.1) is 0 Å². The quantitative estimate of drug-likeness (QED) is 0.852. The Morgan fingerprint density at radius 2 is 2.12 bits per heavy atom. The lowest BCUT2D eigenvalue weighted by Crippen LogP contribution is -2.13. The van der Waals surface area contributed by atoms with Gasteiger partial charge in [0.2, 0.25) is 0 Å². The SMILES string of the molecule is Cc1nsc(NCCC(C)(C)C)c1C(=O)O. The van der Waals surface area contributed by atoms with Crippen molar-refractivity contribution in [2.24, 2.45) is 5.41 Å². The molecule has 2 N–H and O–H groups in total. The van der Waals surface area contributed by atoms with Crippen molar-refractivity contribution in [3.05, 3.63) is 11.3 Å². The molecule has 0 atom stereocenters. The molecule has 0 aliphatic rings. The minimum Gasteiger partial charge on any atom is -0.478 e. The van der Waals surface area contributed by atoms with Crippen molar-refractivity contribution in [2.75, 3.05) is 11.9 Å². The number of aryl methyl sites for hydroxylation is 1. The van der Waals surface area contributed by atoms with Crippen LogP contribution in [0.25, 0.3) is 0 Å². The standard InChI is InChI=1S/C11H18N2O2S/c1-7-8(10(14)15)9(16-13-7)12-6-5-11(2,3)4/h12H,5-6H2,1-4H3,(H,14,15). The van der Waals surface area contributed by atoms with Crippen molar-refractivity contribution in [3.63, 3.8) is 0 Å². The molecule has 0 aliphatic heterocycles. The van der Waals surface area contributed by atoms with Gasteiger partial charge in [0.25, 0.3) is 0 Å². The fourth-order valence-electron chi connectivity index (χ4n) is 1.29. The highest BCUT2D eigenvalue weighted by Crippen LogP contribution is 2.25. The number of nitrogens with zero attached hydrogens (tertiary/aromatic N) is 1. The second-order valence-electron chi connectivity index (χ2n) is 5.01. The predicted molar refractivity (Wildman–Crippen MR) is 66.4 cm³/mol. The van der Waals surface area contributed by atoms with Crippen molar-refractivity contribution in [3.8, 4) is 0 Å². The van der Waals surface area contributed by atoms with E-state index in [-0.39, 0.29) is 5.41 Å². The van der Waals surface area contributed by atoms with E-state index in [0.29, 0.717) is 16.3 Å². The lowest BCUT2D eigenvalue weighted by atomic mass is 9.92. The van der Waals surface area contributed by atoms with Crippen LogP contribution in [-0.4, -0.2) is 22.0 Å². The monoisotopic (exact) mass is 242 g/mol. The minimum atomic E-state index is -0.912. The first kappa shape index (κ1) is 13.0. The number of carboxylic acids is 1. The Hall–Kier alpha value is -1.10. The van der Waals surface area contributed by atoms with Crippen LogP contribution in [0.1, 0.15) is 43.2 Å². The summed E-state index contributed by atoms with van der Waals surface area (Å²) in [7, 11) is 0. The third kappa shape index (κ3) is 3.48. The third-order valence-electron chi connectivity index (χ3n) is 2.24. The molecule has 0 aromatic carbocycles. The number of nitrogens with one attached hydrogen (secondary N) is 1. The van der Waals surface area contributed by atoms with Crippen LogP contribution in [0, 0.1) is 12.3 Å². The van der Waals surface area contributed by atoms with E-state index in [4.69, 9.17) is 5.11 Å². The first-order valence-corrected chi connectivity index (χ1v) is 6.02. The largest absolute Gasteiger partial charge is 0.478 e. The van der Waals surface area contributed by atoms with Crippen LogP contribution in [-0.2, 0) is 0 Å². The maximum atomic E-state index is 11.0. The van der Waals surface area contributed by atoms with Gasteiger partial charge in [-0.25, -0.2) is 4.79 Å². The molecule has 16 heavy (non-hydrogen) atoms. The summed E-state index contributed by atoms with van der Waals surface area (Å²) < 4.78 is 4.05. The van der Waals surface area contributed by atoms with Gasteiger partial charge in [0, 0.05) is 6.54 Å². The van der Waals surface area contributed by atoms with E-state index in [1.165, 1.54) is 11.5 Å². The van der Waals surface area contributed by atoms with Crippen LogP contribution in [0.5, 0.6) is 0 Å². The number of carboxylic acid groups (broad SMARTS) is 1. The number of anilines is 1. The van der Waals surface area contributed by atoms with Gasteiger partial charge >= 0.3 is 5.97 Å². The molecule has 1 aromatic rings. The summed E-state index contributed by atoms with van der Waals surface area (Å²) >= 11 is 1.21. The molecule has 0 spiro atoms. The number of rotatable bonds is 4. The van der Waals surface area contributed by atoms with Gasteiger partial charge in [-0.1, -0.05) is 20.8 Å². The van der Waals surface area contributed by atoms with Gasteiger partial charge in [-0.05, 0) is 30.3 Å². The predicted octanol–water partition coefficient (Wildman–Crippen LogP) is 3.00. The average molecular weight is 242 g/mol. The summed E-state index contributed by atoms with van der Waals surface area (Å²) in [6, 6.07) is 0. The normalized spacial score (nSPS) is 11.5. The van der Waals surface area contributed by atoms with Crippen LogP contribution in [0.15, 0.2) is 0 Å². The first-order valence-electron chi connectivity index (χ1n) is 5.25. The van der Waals surface area contributed by atoms with Crippen molar-refractivity contribution >= 4 is 22.5 Å². The Balaban J connectivity index is 2.64. The Labute approximate surface area is 99.9 Å². The molecular formula is C11H18N2O2S. The molecule has 1 rings (SSSR count). The Morgan fingerprint density at radius 1 is 1.50 bits per heavy atom. The van der Waals surface area contributed by atoms with Crippen molar-refractivity contribution in [2.45, 2.75) is 34.1 Å². The first-order chi connectivity index (χ1) is 7.31. The molecule has 0 amide bonds. The summed E-state index contributed by atoms with van der Waals surface area (Å²) in [5.41, 5.74) is 1.13. The number of hydrogen-bond acceptors (Lipinski definition) is 4. The van der Waals surface area contributed by atoms with Crippen molar-refractivity contribution in [1.29, 1.82) is 0 Å². The van der Waals surface area contributed by atoms with E-state index in [0.717, 1.165) is 13.0 Å². The van der Waals surface area contributed by atoms with Gasteiger partial charge in [-0.2, -0.15) is 4.37 Å². The topological polar surface area (TPSA) is 62.2 Å². The molecule has 4 nitrogen and oxygen atoms in total. The highest BCUT2D eigenvalue weighted by molar-refractivity contribution is 7.10. The summed E-state index contributed by atoms with van der Waals surface area (Å²) in [5.74, 6) is -0.912. The Kier molecular flexibility index (Phi) is 3.91. The number of hydrogen-bond donors (Lipinski definition) is 2. The van der Waals surface area contributed by atoms with Crippen LogP contribution in [0.3, 0.4) is 0 Å². The van der Waals surface area contributed by atoms with Crippen molar-refractivity contribution < 1.29 is 9.90 Å². The maximum absolute atomic E-state index is 11.0. The zero-order chi connectivity index (χ0) is 12.3. The fraction of sp³-hybridized carbons (Fsp3) is 0.636. The summed E-state index contributed by atoms with van der Waals surface area (Å²) in [4.78, 5) is 11.0. The zero-order valence-corrected chi connectivity index (χ0v) is 10.9. The molecule has 5 heteroatoms. The van der Waals surface area contributed by atoms with Gasteiger partial charge in [0.05, 0.1) is 5.69 Å². The molecule has 90 valence electrons. The Bertz CT molecular complexity index is 380. The van der Waals surface area contributed by atoms with E-state index >= 15 is 0 Å².